The van der Waals surface area contributed by atoms with Crippen molar-refractivity contribution in [3.05, 3.63) is 23.2 Å². The Morgan fingerprint density at radius 2 is 2.14 bits per heavy atom. The molecule has 9 heteroatoms. The van der Waals surface area contributed by atoms with E-state index >= 15 is 0 Å². The number of amides is 1. The molecule has 0 bridgehead atoms. The van der Waals surface area contributed by atoms with Gasteiger partial charge in [-0.3, -0.25) is 9.10 Å². The van der Waals surface area contributed by atoms with Crippen LogP contribution in [-0.2, 0) is 14.8 Å². The monoisotopic (exact) mass is 445 g/mol. The Kier molecular flexibility index (Phi) is 9.04. The van der Waals surface area contributed by atoms with E-state index in [2.05, 4.69) is 17.1 Å². The number of piperidine rings is 1. The van der Waals surface area contributed by atoms with Gasteiger partial charge in [0.1, 0.15) is 12.3 Å². The molecule has 1 N–H and O–H groups in total. The molecule has 0 spiro atoms. The van der Waals surface area contributed by atoms with Crippen LogP contribution in [0.2, 0.25) is 5.02 Å². The Morgan fingerprint density at radius 3 is 2.79 bits per heavy atom. The second-order valence-corrected chi connectivity index (χ2v) is 9.73. The zero-order chi connectivity index (χ0) is 21.4. The van der Waals surface area contributed by atoms with E-state index in [0.717, 1.165) is 36.5 Å². The molecule has 1 unspecified atom stereocenters. The SMILES string of the molecule is CCC1CCCCN1CCCNC(=O)CN(c1cc(Cl)ccc1OC)S(C)(=O)=O. The molecule has 1 saturated heterocycles. The number of nitrogens with one attached hydrogen (secondary N) is 1. The van der Waals surface area contributed by atoms with E-state index in [1.165, 1.54) is 32.4 Å². The molecule has 1 aromatic carbocycles. The third kappa shape index (κ3) is 7.04. The molecule has 1 aromatic rings. The number of ether oxygens (including phenoxy) is 1. The fourth-order valence-electron chi connectivity index (χ4n) is 3.75. The van der Waals surface area contributed by atoms with E-state index in [-0.39, 0.29) is 18.1 Å². The lowest BCUT2D eigenvalue weighted by Gasteiger charge is -2.35. The molecular weight excluding hydrogens is 414 g/mol. The van der Waals surface area contributed by atoms with Gasteiger partial charge in [0.25, 0.3) is 0 Å². The zero-order valence-electron chi connectivity index (χ0n) is 17.5. The van der Waals surface area contributed by atoms with Gasteiger partial charge in [-0.15, -0.1) is 0 Å². The van der Waals surface area contributed by atoms with Crippen molar-refractivity contribution in [2.24, 2.45) is 0 Å². The molecule has 1 aliphatic rings. The summed E-state index contributed by atoms with van der Waals surface area (Å²) in [6.07, 6.45) is 6.81. The molecule has 1 atom stereocenters. The highest BCUT2D eigenvalue weighted by Gasteiger charge is 2.24. The van der Waals surface area contributed by atoms with Crippen LogP contribution in [0.5, 0.6) is 5.75 Å². The van der Waals surface area contributed by atoms with Crippen molar-refractivity contribution in [3.8, 4) is 5.75 Å². The normalized spacial score (nSPS) is 17.7. The second-order valence-electron chi connectivity index (χ2n) is 7.38. The van der Waals surface area contributed by atoms with Crippen LogP contribution in [-0.4, -0.2) is 64.8 Å². The predicted molar refractivity (Wildman–Crippen MR) is 117 cm³/mol. The van der Waals surface area contributed by atoms with Gasteiger partial charge in [-0.1, -0.05) is 24.9 Å². The second kappa shape index (κ2) is 11.0. The Bertz CT molecular complexity index is 788. The minimum Gasteiger partial charge on any atom is -0.495 e. The number of sulfonamides is 1. The van der Waals surface area contributed by atoms with Crippen LogP contribution in [0.3, 0.4) is 0 Å². The van der Waals surface area contributed by atoms with Crippen LogP contribution in [0.15, 0.2) is 18.2 Å². The summed E-state index contributed by atoms with van der Waals surface area (Å²) >= 11 is 6.02. The van der Waals surface area contributed by atoms with Crippen molar-refractivity contribution in [1.29, 1.82) is 0 Å². The van der Waals surface area contributed by atoms with Crippen molar-refractivity contribution in [3.63, 3.8) is 0 Å². The van der Waals surface area contributed by atoms with Gasteiger partial charge in [-0.2, -0.15) is 0 Å². The minimum atomic E-state index is -3.70. The summed E-state index contributed by atoms with van der Waals surface area (Å²) < 4.78 is 30.8. The van der Waals surface area contributed by atoms with E-state index < -0.39 is 10.0 Å². The number of halogens is 1. The lowest BCUT2D eigenvalue weighted by Crippen LogP contribution is -2.42. The molecule has 1 heterocycles. The Balaban J connectivity index is 1.93. The standard InChI is InChI=1S/C20H32ClN3O4S/c1-4-17-8-5-6-12-23(17)13-7-11-22-20(25)15-24(29(3,26)27)18-14-16(21)9-10-19(18)28-2/h9-10,14,17H,4-8,11-13,15H2,1-3H3,(H,22,25). The maximum Gasteiger partial charge on any atom is 0.240 e. The Labute approximate surface area is 179 Å². The number of hydrogen-bond acceptors (Lipinski definition) is 5. The first-order chi connectivity index (χ1) is 13.8. The highest BCUT2D eigenvalue weighted by atomic mass is 35.5. The number of anilines is 1. The lowest BCUT2D eigenvalue weighted by atomic mass is 10.00. The third-order valence-electron chi connectivity index (χ3n) is 5.26. The Morgan fingerprint density at radius 1 is 1.38 bits per heavy atom. The van der Waals surface area contributed by atoms with Gasteiger partial charge >= 0.3 is 0 Å². The summed E-state index contributed by atoms with van der Waals surface area (Å²) in [5, 5.41) is 3.20. The van der Waals surface area contributed by atoms with Crippen LogP contribution >= 0.6 is 11.6 Å². The number of carbonyl (C=O) groups excluding carboxylic acids is 1. The van der Waals surface area contributed by atoms with Gasteiger partial charge < -0.3 is 15.0 Å². The largest absolute Gasteiger partial charge is 0.495 e. The smallest absolute Gasteiger partial charge is 0.240 e. The maximum atomic E-state index is 12.4. The van der Waals surface area contributed by atoms with Crippen LogP contribution in [0.1, 0.15) is 39.0 Å². The van der Waals surface area contributed by atoms with E-state index in [1.54, 1.807) is 12.1 Å². The molecule has 1 fully saturated rings. The fourth-order valence-corrected chi connectivity index (χ4v) is 4.77. The van der Waals surface area contributed by atoms with Gasteiger partial charge in [0.05, 0.1) is 19.1 Å². The first kappa shape index (κ1) is 23.8. The van der Waals surface area contributed by atoms with Crippen molar-refractivity contribution >= 4 is 33.2 Å². The molecule has 164 valence electrons. The first-order valence-electron chi connectivity index (χ1n) is 10.1. The van der Waals surface area contributed by atoms with Crippen molar-refractivity contribution in [2.75, 3.05) is 43.8 Å². The summed E-state index contributed by atoms with van der Waals surface area (Å²) in [4.78, 5) is 14.9. The molecule has 1 aliphatic heterocycles. The highest BCUT2D eigenvalue weighted by molar-refractivity contribution is 7.92. The van der Waals surface area contributed by atoms with Gasteiger partial charge in [0, 0.05) is 24.2 Å². The molecule has 0 radical (unpaired) electrons. The number of methoxy groups -OCH3 is 1. The molecule has 29 heavy (non-hydrogen) atoms. The quantitative estimate of drug-likeness (QED) is 0.560. The van der Waals surface area contributed by atoms with Crippen molar-refractivity contribution in [2.45, 2.75) is 45.1 Å². The minimum absolute atomic E-state index is 0.247. The maximum absolute atomic E-state index is 12.4. The van der Waals surface area contributed by atoms with Crippen molar-refractivity contribution < 1.29 is 17.9 Å². The number of hydrogen-bond donors (Lipinski definition) is 1. The zero-order valence-corrected chi connectivity index (χ0v) is 19.1. The fraction of sp³-hybridized carbons (Fsp3) is 0.650. The van der Waals surface area contributed by atoms with Gasteiger partial charge in [-0.05, 0) is 50.4 Å². The number of likely N-dealkylation sites (tertiary alicyclic amines) is 1. The van der Waals surface area contributed by atoms with E-state index in [0.29, 0.717) is 23.4 Å². The van der Waals surface area contributed by atoms with Crippen LogP contribution in [0.25, 0.3) is 0 Å². The topological polar surface area (TPSA) is 79.0 Å². The number of carbonyl (C=O) groups is 1. The van der Waals surface area contributed by atoms with Gasteiger partial charge in [-0.25, -0.2) is 8.42 Å². The average Bonchev–Trinajstić information content (AvgIpc) is 2.68. The summed E-state index contributed by atoms with van der Waals surface area (Å²) in [7, 11) is -2.25. The lowest BCUT2D eigenvalue weighted by molar-refractivity contribution is -0.119. The van der Waals surface area contributed by atoms with Gasteiger partial charge in [0.15, 0.2) is 0 Å². The average molecular weight is 446 g/mol. The summed E-state index contributed by atoms with van der Waals surface area (Å²) in [5.41, 5.74) is 0.247. The van der Waals surface area contributed by atoms with E-state index in [4.69, 9.17) is 16.3 Å². The molecule has 0 aliphatic carbocycles. The van der Waals surface area contributed by atoms with E-state index in [1.807, 2.05) is 0 Å². The Hall–Kier alpha value is -1.51. The summed E-state index contributed by atoms with van der Waals surface area (Å²) in [6.45, 7) is 4.46. The van der Waals surface area contributed by atoms with Crippen LogP contribution in [0, 0.1) is 0 Å². The summed E-state index contributed by atoms with van der Waals surface area (Å²) in [5.74, 6) is -0.0218. The molecule has 7 nitrogen and oxygen atoms in total. The first-order valence-corrected chi connectivity index (χ1v) is 12.3. The molecule has 0 aromatic heterocycles. The van der Waals surface area contributed by atoms with Crippen LogP contribution in [0.4, 0.5) is 5.69 Å². The predicted octanol–water partition coefficient (Wildman–Crippen LogP) is 2.89. The van der Waals surface area contributed by atoms with E-state index in [9.17, 15) is 13.2 Å². The summed E-state index contributed by atoms with van der Waals surface area (Å²) in [6, 6.07) is 5.30. The third-order valence-corrected chi connectivity index (χ3v) is 6.62. The molecule has 2 rings (SSSR count). The molecular formula is C20H32ClN3O4S. The van der Waals surface area contributed by atoms with Crippen LogP contribution < -0.4 is 14.4 Å². The molecule has 0 saturated carbocycles. The number of rotatable bonds is 10. The molecule has 1 amide bonds. The number of nitrogens with zero attached hydrogens (tertiary/aromatic N) is 2. The highest BCUT2D eigenvalue weighted by Crippen LogP contribution is 2.32. The van der Waals surface area contributed by atoms with Gasteiger partial charge in [0.2, 0.25) is 15.9 Å². The number of benzene rings is 1. The van der Waals surface area contributed by atoms with Crippen molar-refractivity contribution in [1.82, 2.24) is 10.2 Å².